The molecule has 1 N–H and O–H groups in total. The summed E-state index contributed by atoms with van der Waals surface area (Å²) >= 11 is 0. The molecule has 2 atom stereocenters. The zero-order valence-corrected chi connectivity index (χ0v) is 28.1. The molecule has 0 saturated heterocycles. The highest BCUT2D eigenvalue weighted by molar-refractivity contribution is 5.91. The van der Waals surface area contributed by atoms with Crippen LogP contribution in [0.4, 0.5) is 0 Å². The van der Waals surface area contributed by atoms with Gasteiger partial charge in [-0.2, -0.15) is 0 Å². The van der Waals surface area contributed by atoms with Gasteiger partial charge in [0.25, 0.3) is 0 Å². The summed E-state index contributed by atoms with van der Waals surface area (Å²) in [4.78, 5) is 23.3. The van der Waals surface area contributed by atoms with Crippen LogP contribution in [-0.2, 0) is 19.1 Å². The fourth-order valence-electron chi connectivity index (χ4n) is 3.67. The summed E-state index contributed by atoms with van der Waals surface area (Å²) in [5.74, 6) is 0.110. The summed E-state index contributed by atoms with van der Waals surface area (Å²) in [5.41, 5.74) is 0.413. The summed E-state index contributed by atoms with van der Waals surface area (Å²) in [7, 11) is 0. The van der Waals surface area contributed by atoms with E-state index in [2.05, 4.69) is 74.2 Å². The molecule has 0 aliphatic rings. The Kier molecular flexibility index (Phi) is 24.9. The third-order valence-corrected chi connectivity index (χ3v) is 4.90. The Morgan fingerprint density at radius 3 is 1.65 bits per heavy atom. The molecule has 5 nitrogen and oxygen atoms in total. The number of carbonyl (C=O) groups excluding carboxylic acids is 2. The van der Waals surface area contributed by atoms with Gasteiger partial charge in [-0.05, 0) is 63.7 Å². The molecule has 0 aromatic heterocycles. The van der Waals surface area contributed by atoms with Gasteiger partial charge >= 0.3 is 5.97 Å². The van der Waals surface area contributed by atoms with Crippen molar-refractivity contribution in [3.63, 3.8) is 0 Å². The second-order valence-electron chi connectivity index (χ2n) is 12.7. The number of hydrogen-bond donors (Lipinski definition) is 1. The van der Waals surface area contributed by atoms with E-state index in [1.807, 2.05) is 48.5 Å². The first-order valence-electron chi connectivity index (χ1n) is 14.5. The lowest BCUT2D eigenvalue weighted by Gasteiger charge is -2.34. The molecule has 0 radical (unpaired) electrons. The van der Waals surface area contributed by atoms with Crippen molar-refractivity contribution < 1.29 is 19.1 Å². The van der Waals surface area contributed by atoms with Gasteiger partial charge in [-0.1, -0.05) is 96.6 Å². The maximum Gasteiger partial charge on any atom is 0.310 e. The van der Waals surface area contributed by atoms with Crippen LogP contribution in [0.15, 0.2) is 12.2 Å². The second-order valence-corrected chi connectivity index (χ2v) is 12.7. The maximum absolute atomic E-state index is 12.0. The van der Waals surface area contributed by atoms with Gasteiger partial charge in [0, 0.05) is 18.7 Å². The predicted octanol–water partition coefficient (Wildman–Crippen LogP) is 9.00. The monoisotopic (exact) mass is 530 g/mol. The molecule has 0 aromatic carbocycles. The molecule has 0 bridgehead atoms. The second kappa shape index (κ2) is 21.6. The van der Waals surface area contributed by atoms with Gasteiger partial charge in [0.1, 0.15) is 5.60 Å². The molecule has 5 heteroatoms. The number of esters is 1. The highest BCUT2D eigenvalue weighted by atomic mass is 16.6. The van der Waals surface area contributed by atoms with Gasteiger partial charge in [-0.3, -0.25) is 9.59 Å². The minimum atomic E-state index is -0.393. The van der Waals surface area contributed by atoms with Crippen molar-refractivity contribution in [2.45, 2.75) is 149 Å². The highest BCUT2D eigenvalue weighted by Crippen LogP contribution is 2.34. The zero-order valence-electron chi connectivity index (χ0n) is 28.1. The van der Waals surface area contributed by atoms with Crippen molar-refractivity contribution in [3.05, 3.63) is 12.2 Å². The summed E-state index contributed by atoms with van der Waals surface area (Å²) in [5, 5.41) is 2.80. The zero-order chi connectivity index (χ0) is 30.6. The van der Waals surface area contributed by atoms with E-state index in [4.69, 9.17) is 9.47 Å². The van der Waals surface area contributed by atoms with E-state index in [1.165, 1.54) is 0 Å². The molecule has 2 unspecified atom stereocenters. The average Bonchev–Trinajstić information content (AvgIpc) is 2.72. The molecular formula is C32H67NO4. The van der Waals surface area contributed by atoms with Crippen LogP contribution in [0.1, 0.15) is 137 Å². The van der Waals surface area contributed by atoms with Crippen molar-refractivity contribution in [2.24, 2.45) is 22.7 Å². The van der Waals surface area contributed by atoms with E-state index < -0.39 is 5.60 Å². The van der Waals surface area contributed by atoms with Gasteiger partial charge in [0.05, 0.1) is 12.0 Å². The first-order valence-corrected chi connectivity index (χ1v) is 14.5. The summed E-state index contributed by atoms with van der Waals surface area (Å²) in [6.45, 7) is 39.6. The molecule has 0 aromatic rings. The quantitative estimate of drug-likeness (QED) is 0.174. The van der Waals surface area contributed by atoms with Gasteiger partial charge in [-0.25, -0.2) is 0 Å². The number of rotatable bonds is 10. The van der Waals surface area contributed by atoms with Crippen molar-refractivity contribution >= 4 is 11.9 Å². The number of nitrogens with one attached hydrogen (secondary N) is 1. The van der Waals surface area contributed by atoms with E-state index in [9.17, 15) is 9.59 Å². The fourth-order valence-corrected chi connectivity index (χ4v) is 3.67. The minimum absolute atomic E-state index is 0.0447. The summed E-state index contributed by atoms with van der Waals surface area (Å²) < 4.78 is 11.3. The van der Waals surface area contributed by atoms with E-state index in [-0.39, 0.29) is 23.2 Å². The van der Waals surface area contributed by atoms with Gasteiger partial charge in [-0.15, -0.1) is 0 Å². The third-order valence-electron chi connectivity index (χ3n) is 4.90. The molecule has 0 rings (SSSR count). The van der Waals surface area contributed by atoms with Crippen LogP contribution in [-0.4, -0.2) is 36.7 Å². The number of ether oxygens (including phenoxy) is 2. The Hall–Kier alpha value is -1.36. The fraction of sp³-hybridized carbons (Fsp3) is 0.875. The van der Waals surface area contributed by atoms with Gasteiger partial charge < -0.3 is 14.8 Å². The smallest absolute Gasteiger partial charge is 0.310 e. The Morgan fingerprint density at radius 1 is 0.892 bits per heavy atom. The average molecular weight is 530 g/mol. The topological polar surface area (TPSA) is 64.6 Å². The normalized spacial score (nSPS) is 12.9. The number of carbonyl (C=O) groups is 2. The molecule has 0 heterocycles. The van der Waals surface area contributed by atoms with Crippen LogP contribution in [0.3, 0.4) is 0 Å². The van der Waals surface area contributed by atoms with E-state index in [1.54, 1.807) is 6.92 Å². The number of amides is 1. The molecular weight excluding hydrogens is 462 g/mol. The molecule has 0 saturated carbocycles. The lowest BCUT2D eigenvalue weighted by molar-refractivity contribution is -0.166. The van der Waals surface area contributed by atoms with Crippen LogP contribution >= 0.6 is 0 Å². The maximum atomic E-state index is 12.0. The van der Waals surface area contributed by atoms with E-state index >= 15 is 0 Å². The lowest BCUT2D eigenvalue weighted by atomic mass is 9.74. The van der Waals surface area contributed by atoms with Gasteiger partial charge in [0.2, 0.25) is 5.91 Å². The minimum Gasteiger partial charge on any atom is -0.460 e. The van der Waals surface area contributed by atoms with Crippen LogP contribution < -0.4 is 5.32 Å². The lowest BCUT2D eigenvalue weighted by Crippen LogP contribution is -2.38. The summed E-state index contributed by atoms with van der Waals surface area (Å²) in [6.07, 6.45) is 3.28. The van der Waals surface area contributed by atoms with Crippen molar-refractivity contribution in [2.75, 3.05) is 13.2 Å². The molecule has 0 aliphatic carbocycles. The van der Waals surface area contributed by atoms with Crippen LogP contribution in [0, 0.1) is 22.7 Å². The molecule has 1 amide bonds. The van der Waals surface area contributed by atoms with Crippen LogP contribution in [0.5, 0.6) is 0 Å². The van der Waals surface area contributed by atoms with Crippen molar-refractivity contribution in [1.29, 1.82) is 0 Å². The standard InChI is InChI=1S/C15H29NO2.C13H26O2.2C2H6/c1-7-13(11-15(4,5)6)18-10-8-9-16-14(17)12(2)3;1-9(2)10(12(3,4)5)11(14)15-13(6,7)8;2*1-2/h13H,2,7-11H2,1,3-6H3,(H,16,17);9-10H,1-8H3;2*1-2H3. The summed E-state index contributed by atoms with van der Waals surface area (Å²) in [6, 6.07) is 0. The third kappa shape index (κ3) is 27.5. The van der Waals surface area contributed by atoms with Gasteiger partial charge in [0.15, 0.2) is 0 Å². The largest absolute Gasteiger partial charge is 0.460 e. The van der Waals surface area contributed by atoms with Crippen LogP contribution in [0.2, 0.25) is 0 Å². The molecule has 37 heavy (non-hydrogen) atoms. The van der Waals surface area contributed by atoms with Crippen molar-refractivity contribution in [3.8, 4) is 0 Å². The van der Waals surface area contributed by atoms with Crippen molar-refractivity contribution in [1.82, 2.24) is 5.32 Å². The van der Waals surface area contributed by atoms with E-state index in [0.717, 1.165) is 19.3 Å². The first kappa shape index (κ1) is 42.7. The van der Waals surface area contributed by atoms with E-state index in [0.29, 0.717) is 36.2 Å². The Bertz CT molecular complexity index is 589. The Morgan fingerprint density at radius 2 is 1.35 bits per heavy atom. The van der Waals surface area contributed by atoms with Crippen LogP contribution in [0.25, 0.3) is 0 Å². The Balaban J connectivity index is -0.000000262. The predicted molar refractivity (Wildman–Crippen MR) is 163 cm³/mol. The SMILES string of the molecule is C=C(C)C(=O)NCCCOC(CC)CC(C)(C)C.CC.CC.CC(C)C(C(=O)OC(C)(C)C)C(C)(C)C. The first-order chi connectivity index (χ1) is 16.7. The molecule has 0 spiro atoms. The molecule has 224 valence electrons. The molecule has 0 fully saturated rings. The highest BCUT2D eigenvalue weighted by Gasteiger charge is 2.36. The Labute approximate surface area is 232 Å². The molecule has 0 aliphatic heterocycles. The number of hydrogen-bond acceptors (Lipinski definition) is 4.